The summed E-state index contributed by atoms with van der Waals surface area (Å²) in [5.41, 5.74) is 1.97. The molecule has 100 valence electrons. The molecular weight excluding hydrogens is 238 g/mol. The molecule has 1 unspecified atom stereocenters. The highest BCUT2D eigenvalue weighted by atomic mass is 16.5. The van der Waals surface area contributed by atoms with Gasteiger partial charge >= 0.3 is 0 Å². The number of benzene rings is 1. The van der Waals surface area contributed by atoms with Gasteiger partial charge in [0.1, 0.15) is 5.75 Å². The van der Waals surface area contributed by atoms with E-state index in [0.717, 1.165) is 23.4 Å². The largest absolute Gasteiger partial charge is 0.493 e. The van der Waals surface area contributed by atoms with Crippen molar-refractivity contribution in [3.63, 3.8) is 0 Å². The second-order valence-electron chi connectivity index (χ2n) is 4.24. The van der Waals surface area contributed by atoms with Gasteiger partial charge in [-0.3, -0.25) is 9.97 Å². The summed E-state index contributed by atoms with van der Waals surface area (Å²) >= 11 is 0. The number of para-hydroxylation sites is 1. The first-order valence-electron chi connectivity index (χ1n) is 6.51. The number of rotatable bonds is 6. The van der Waals surface area contributed by atoms with Gasteiger partial charge in [-0.1, -0.05) is 25.1 Å². The highest BCUT2D eigenvalue weighted by molar-refractivity contribution is 5.39. The standard InChI is InChI=1S/C15H19N3O/c1-3-10-19-14-7-5-4-6-12(14)15(16-2)13-11-17-8-9-18-13/h4-9,11,15-16H,3,10H2,1-2H3. The Balaban J connectivity index is 2.33. The molecule has 0 aliphatic heterocycles. The van der Waals surface area contributed by atoms with Gasteiger partial charge in [-0.15, -0.1) is 0 Å². The Labute approximate surface area is 113 Å². The van der Waals surface area contributed by atoms with E-state index in [0.29, 0.717) is 6.61 Å². The fourth-order valence-corrected chi connectivity index (χ4v) is 1.98. The molecule has 1 aromatic carbocycles. The Kier molecular flexibility index (Phi) is 4.86. The van der Waals surface area contributed by atoms with Gasteiger partial charge < -0.3 is 10.1 Å². The van der Waals surface area contributed by atoms with Crippen molar-refractivity contribution in [2.45, 2.75) is 19.4 Å². The monoisotopic (exact) mass is 257 g/mol. The smallest absolute Gasteiger partial charge is 0.124 e. The first kappa shape index (κ1) is 13.5. The van der Waals surface area contributed by atoms with Crippen LogP contribution in [-0.4, -0.2) is 23.6 Å². The summed E-state index contributed by atoms with van der Waals surface area (Å²) in [4.78, 5) is 8.49. The molecule has 0 amide bonds. The summed E-state index contributed by atoms with van der Waals surface area (Å²) in [5.74, 6) is 0.898. The minimum absolute atomic E-state index is 0.0123. The van der Waals surface area contributed by atoms with Crippen molar-refractivity contribution in [2.24, 2.45) is 0 Å². The lowest BCUT2D eigenvalue weighted by Gasteiger charge is -2.19. The van der Waals surface area contributed by atoms with Crippen molar-refractivity contribution >= 4 is 0 Å². The number of ether oxygens (including phenoxy) is 1. The molecule has 0 bridgehead atoms. The number of nitrogens with zero attached hydrogens (tertiary/aromatic N) is 2. The van der Waals surface area contributed by atoms with Crippen LogP contribution in [0, 0.1) is 0 Å². The first-order valence-corrected chi connectivity index (χ1v) is 6.51. The molecule has 4 nitrogen and oxygen atoms in total. The lowest BCUT2D eigenvalue weighted by atomic mass is 10.0. The van der Waals surface area contributed by atoms with E-state index in [2.05, 4.69) is 28.3 Å². The Morgan fingerprint density at radius 3 is 2.79 bits per heavy atom. The number of hydrogen-bond acceptors (Lipinski definition) is 4. The quantitative estimate of drug-likeness (QED) is 0.864. The van der Waals surface area contributed by atoms with Gasteiger partial charge in [-0.05, 0) is 19.5 Å². The maximum Gasteiger partial charge on any atom is 0.124 e. The predicted molar refractivity (Wildman–Crippen MR) is 75.2 cm³/mol. The molecule has 0 aliphatic rings. The molecule has 0 saturated carbocycles. The molecule has 1 N–H and O–H groups in total. The van der Waals surface area contributed by atoms with E-state index < -0.39 is 0 Å². The van der Waals surface area contributed by atoms with Gasteiger partial charge in [0.15, 0.2) is 0 Å². The zero-order valence-electron chi connectivity index (χ0n) is 11.3. The molecule has 2 rings (SSSR count). The summed E-state index contributed by atoms with van der Waals surface area (Å²) < 4.78 is 5.80. The van der Waals surface area contributed by atoms with Gasteiger partial charge in [-0.2, -0.15) is 0 Å². The van der Waals surface area contributed by atoms with Crippen molar-refractivity contribution in [1.29, 1.82) is 0 Å². The van der Waals surface area contributed by atoms with Gasteiger partial charge in [-0.25, -0.2) is 0 Å². The second-order valence-corrected chi connectivity index (χ2v) is 4.24. The SMILES string of the molecule is CCCOc1ccccc1C(NC)c1cnccn1. The lowest BCUT2D eigenvalue weighted by molar-refractivity contribution is 0.312. The summed E-state index contributed by atoms with van der Waals surface area (Å²) in [6.07, 6.45) is 6.15. The molecule has 0 radical (unpaired) electrons. The molecule has 0 fully saturated rings. The topological polar surface area (TPSA) is 47.0 Å². The first-order chi connectivity index (χ1) is 9.36. The van der Waals surface area contributed by atoms with E-state index >= 15 is 0 Å². The molecule has 2 aromatic rings. The van der Waals surface area contributed by atoms with Gasteiger partial charge in [0.25, 0.3) is 0 Å². The lowest BCUT2D eigenvalue weighted by Crippen LogP contribution is -2.20. The van der Waals surface area contributed by atoms with Crippen LogP contribution in [0.15, 0.2) is 42.9 Å². The minimum Gasteiger partial charge on any atom is -0.493 e. The van der Waals surface area contributed by atoms with Crippen molar-refractivity contribution in [1.82, 2.24) is 15.3 Å². The number of nitrogens with one attached hydrogen (secondary N) is 1. The normalized spacial score (nSPS) is 12.1. The summed E-state index contributed by atoms with van der Waals surface area (Å²) in [7, 11) is 1.91. The molecule has 0 spiro atoms. The van der Waals surface area contributed by atoms with E-state index in [4.69, 9.17) is 4.74 Å². The zero-order valence-corrected chi connectivity index (χ0v) is 11.3. The van der Waals surface area contributed by atoms with Crippen LogP contribution >= 0.6 is 0 Å². The highest BCUT2D eigenvalue weighted by Gasteiger charge is 2.17. The maximum atomic E-state index is 5.80. The maximum absolute atomic E-state index is 5.80. The Morgan fingerprint density at radius 1 is 1.26 bits per heavy atom. The molecule has 1 heterocycles. The average Bonchev–Trinajstić information content (AvgIpc) is 2.48. The fourth-order valence-electron chi connectivity index (χ4n) is 1.98. The molecular formula is C15H19N3O. The van der Waals surface area contributed by atoms with Gasteiger partial charge in [0.05, 0.1) is 24.5 Å². The molecule has 1 atom stereocenters. The van der Waals surface area contributed by atoms with E-state index in [1.165, 1.54) is 0 Å². The minimum atomic E-state index is -0.0123. The Morgan fingerprint density at radius 2 is 2.11 bits per heavy atom. The van der Waals surface area contributed by atoms with Gasteiger partial charge in [0.2, 0.25) is 0 Å². The molecule has 4 heteroatoms. The van der Waals surface area contributed by atoms with E-state index in [1.54, 1.807) is 18.6 Å². The third-order valence-corrected chi connectivity index (χ3v) is 2.86. The summed E-state index contributed by atoms with van der Waals surface area (Å²) in [6.45, 7) is 2.81. The van der Waals surface area contributed by atoms with Crippen molar-refractivity contribution in [3.8, 4) is 5.75 Å². The van der Waals surface area contributed by atoms with Crippen molar-refractivity contribution < 1.29 is 4.74 Å². The van der Waals surface area contributed by atoms with Crippen molar-refractivity contribution in [2.75, 3.05) is 13.7 Å². The van der Waals surface area contributed by atoms with Crippen LogP contribution in [0.5, 0.6) is 5.75 Å². The Bertz CT molecular complexity index is 502. The van der Waals surface area contributed by atoms with E-state index in [9.17, 15) is 0 Å². The Hall–Kier alpha value is -1.94. The average molecular weight is 257 g/mol. The predicted octanol–water partition coefficient (Wildman–Crippen LogP) is 2.57. The molecule has 1 aromatic heterocycles. The zero-order chi connectivity index (χ0) is 13.5. The molecule has 0 saturated heterocycles. The molecule has 19 heavy (non-hydrogen) atoms. The van der Waals surface area contributed by atoms with Crippen LogP contribution in [0.3, 0.4) is 0 Å². The third-order valence-electron chi connectivity index (χ3n) is 2.86. The summed E-state index contributed by atoms with van der Waals surface area (Å²) in [6, 6.07) is 8.03. The van der Waals surface area contributed by atoms with Gasteiger partial charge in [0, 0.05) is 18.0 Å². The molecule has 0 aliphatic carbocycles. The number of hydrogen-bond donors (Lipinski definition) is 1. The van der Waals surface area contributed by atoms with Crippen LogP contribution in [0.2, 0.25) is 0 Å². The van der Waals surface area contributed by atoms with Crippen LogP contribution in [0.4, 0.5) is 0 Å². The van der Waals surface area contributed by atoms with Crippen LogP contribution < -0.4 is 10.1 Å². The summed E-state index contributed by atoms with van der Waals surface area (Å²) in [5, 5.41) is 3.27. The van der Waals surface area contributed by atoms with E-state index in [1.807, 2.05) is 25.2 Å². The van der Waals surface area contributed by atoms with Crippen molar-refractivity contribution in [3.05, 3.63) is 54.1 Å². The fraction of sp³-hybridized carbons (Fsp3) is 0.333. The third kappa shape index (κ3) is 3.29. The van der Waals surface area contributed by atoms with Crippen LogP contribution in [0.1, 0.15) is 30.6 Å². The van der Waals surface area contributed by atoms with E-state index in [-0.39, 0.29) is 6.04 Å². The van der Waals surface area contributed by atoms with Crippen LogP contribution in [-0.2, 0) is 0 Å². The second kappa shape index (κ2) is 6.85. The van der Waals surface area contributed by atoms with Crippen LogP contribution in [0.25, 0.3) is 0 Å². The highest BCUT2D eigenvalue weighted by Crippen LogP contribution is 2.28. The number of aromatic nitrogens is 2.